The van der Waals surface area contributed by atoms with Gasteiger partial charge in [-0.25, -0.2) is 0 Å². The van der Waals surface area contributed by atoms with Gasteiger partial charge in [0, 0.05) is 6.04 Å². The van der Waals surface area contributed by atoms with Crippen LogP contribution in [0.1, 0.15) is 58.3 Å². The van der Waals surface area contributed by atoms with Crippen molar-refractivity contribution in [1.29, 1.82) is 0 Å². The lowest BCUT2D eigenvalue weighted by atomic mass is 9.47. The summed E-state index contributed by atoms with van der Waals surface area (Å²) in [7, 11) is 0. The molecule has 4 bridgehead atoms. The van der Waals surface area contributed by atoms with Gasteiger partial charge in [0.2, 0.25) is 0 Å². The fraction of sp³-hybridized carbons (Fsp3) is 1.00. The van der Waals surface area contributed by atoms with Crippen LogP contribution in [0.2, 0.25) is 0 Å². The summed E-state index contributed by atoms with van der Waals surface area (Å²) < 4.78 is 0. The van der Waals surface area contributed by atoms with E-state index in [4.69, 9.17) is 0 Å². The van der Waals surface area contributed by atoms with E-state index in [1.165, 1.54) is 64.5 Å². The predicted molar refractivity (Wildman–Crippen MR) is 76.9 cm³/mol. The molecule has 1 heterocycles. The molecule has 2 nitrogen and oxygen atoms in total. The van der Waals surface area contributed by atoms with Gasteiger partial charge in [-0.2, -0.15) is 0 Å². The van der Waals surface area contributed by atoms with Gasteiger partial charge in [0.15, 0.2) is 0 Å². The zero-order valence-electron chi connectivity index (χ0n) is 12.4. The van der Waals surface area contributed by atoms with E-state index >= 15 is 0 Å². The average Bonchev–Trinajstić information content (AvgIpc) is 2.89. The minimum atomic E-state index is -0.0704. The zero-order chi connectivity index (χ0) is 13.0. The van der Waals surface area contributed by atoms with Crippen LogP contribution in [0.25, 0.3) is 0 Å². The Morgan fingerprint density at radius 1 is 0.947 bits per heavy atom. The van der Waals surface area contributed by atoms with Crippen molar-refractivity contribution in [2.24, 2.45) is 23.2 Å². The highest BCUT2D eigenvalue weighted by Gasteiger charge is 2.55. The van der Waals surface area contributed by atoms with Crippen molar-refractivity contribution in [3.05, 3.63) is 0 Å². The van der Waals surface area contributed by atoms with E-state index in [2.05, 4.69) is 11.8 Å². The van der Waals surface area contributed by atoms with Crippen LogP contribution in [0.4, 0.5) is 0 Å². The Bertz CT molecular complexity index is 312. The van der Waals surface area contributed by atoms with E-state index in [1.54, 1.807) is 0 Å². The van der Waals surface area contributed by atoms with Crippen LogP contribution in [0, 0.1) is 23.2 Å². The van der Waals surface area contributed by atoms with Crippen LogP contribution in [0.5, 0.6) is 0 Å². The van der Waals surface area contributed by atoms with Crippen LogP contribution in [0.15, 0.2) is 0 Å². The smallest absolute Gasteiger partial charge is 0.0749 e. The minimum Gasteiger partial charge on any atom is -0.391 e. The summed E-state index contributed by atoms with van der Waals surface area (Å²) >= 11 is 0. The molecule has 1 aliphatic heterocycles. The standard InChI is InChI=1S/C17H29NO/c1-12(18-4-2-3-5-18)16(19)17-9-13-6-14(10-17)8-15(7-13)11-17/h12-16,19H,2-11H2,1H3/t12-,13?,14?,15?,16-,17?/m0/s1. The molecule has 2 atom stereocenters. The van der Waals surface area contributed by atoms with Crippen LogP contribution in [-0.4, -0.2) is 35.2 Å². The van der Waals surface area contributed by atoms with Crippen LogP contribution >= 0.6 is 0 Å². The second kappa shape index (κ2) is 4.46. The van der Waals surface area contributed by atoms with Crippen molar-refractivity contribution < 1.29 is 5.11 Å². The molecule has 108 valence electrons. The number of likely N-dealkylation sites (tertiary alicyclic amines) is 1. The monoisotopic (exact) mass is 263 g/mol. The quantitative estimate of drug-likeness (QED) is 0.846. The Labute approximate surface area is 117 Å². The molecule has 0 aromatic rings. The Balaban J connectivity index is 1.53. The lowest BCUT2D eigenvalue weighted by Crippen LogP contribution is -2.57. The molecule has 5 fully saturated rings. The van der Waals surface area contributed by atoms with Crippen LogP contribution in [0.3, 0.4) is 0 Å². The highest BCUT2D eigenvalue weighted by Crippen LogP contribution is 2.61. The number of aliphatic hydroxyl groups is 1. The topological polar surface area (TPSA) is 23.5 Å². The fourth-order valence-electron chi connectivity index (χ4n) is 6.40. The minimum absolute atomic E-state index is 0.0704. The first kappa shape index (κ1) is 12.6. The van der Waals surface area contributed by atoms with E-state index < -0.39 is 0 Å². The first-order valence-corrected chi connectivity index (χ1v) is 8.58. The predicted octanol–water partition coefficient (Wildman–Crippen LogP) is 3.05. The Hall–Kier alpha value is -0.0800. The molecule has 0 unspecified atom stereocenters. The third-order valence-electron chi connectivity index (χ3n) is 6.89. The normalized spacial score (nSPS) is 48.6. The molecular weight excluding hydrogens is 234 g/mol. The fourth-order valence-corrected chi connectivity index (χ4v) is 6.40. The lowest BCUT2D eigenvalue weighted by Gasteiger charge is -2.59. The summed E-state index contributed by atoms with van der Waals surface area (Å²) in [6.07, 6.45) is 11.0. The van der Waals surface area contributed by atoms with Crippen molar-refractivity contribution in [3.8, 4) is 0 Å². The summed E-state index contributed by atoms with van der Waals surface area (Å²) in [5, 5.41) is 11.1. The molecule has 0 spiro atoms. The molecule has 19 heavy (non-hydrogen) atoms. The maximum absolute atomic E-state index is 11.1. The molecule has 4 aliphatic carbocycles. The molecule has 5 rings (SSSR count). The van der Waals surface area contributed by atoms with E-state index in [0.717, 1.165) is 17.8 Å². The molecule has 1 saturated heterocycles. The van der Waals surface area contributed by atoms with Gasteiger partial charge in [-0.05, 0) is 94.5 Å². The molecule has 1 N–H and O–H groups in total. The molecule has 0 amide bonds. The largest absolute Gasteiger partial charge is 0.391 e. The molecule has 2 heteroatoms. The van der Waals surface area contributed by atoms with Crippen LogP contribution in [-0.2, 0) is 0 Å². The summed E-state index contributed by atoms with van der Waals surface area (Å²) in [6, 6.07) is 0.388. The highest BCUT2D eigenvalue weighted by atomic mass is 16.3. The van der Waals surface area contributed by atoms with Gasteiger partial charge < -0.3 is 5.11 Å². The highest BCUT2D eigenvalue weighted by molar-refractivity contribution is 5.06. The van der Waals surface area contributed by atoms with Gasteiger partial charge in [0.05, 0.1) is 6.10 Å². The summed E-state index contributed by atoms with van der Waals surface area (Å²) in [5.74, 6) is 2.85. The summed E-state index contributed by atoms with van der Waals surface area (Å²) in [4.78, 5) is 2.54. The van der Waals surface area contributed by atoms with Gasteiger partial charge in [0.25, 0.3) is 0 Å². The number of aliphatic hydroxyl groups excluding tert-OH is 1. The number of hydrogen-bond acceptors (Lipinski definition) is 2. The zero-order valence-corrected chi connectivity index (χ0v) is 12.4. The van der Waals surface area contributed by atoms with E-state index in [1.807, 2.05) is 0 Å². The van der Waals surface area contributed by atoms with Gasteiger partial charge >= 0.3 is 0 Å². The van der Waals surface area contributed by atoms with Gasteiger partial charge in [-0.15, -0.1) is 0 Å². The van der Waals surface area contributed by atoms with Crippen molar-refractivity contribution in [2.75, 3.05) is 13.1 Å². The van der Waals surface area contributed by atoms with Gasteiger partial charge in [0.1, 0.15) is 0 Å². The maximum atomic E-state index is 11.1. The van der Waals surface area contributed by atoms with E-state index in [-0.39, 0.29) is 6.10 Å². The Kier molecular flexibility index (Phi) is 2.97. The number of nitrogens with zero attached hydrogens (tertiary/aromatic N) is 1. The third-order valence-corrected chi connectivity index (χ3v) is 6.89. The van der Waals surface area contributed by atoms with Crippen molar-refractivity contribution >= 4 is 0 Å². The third kappa shape index (κ3) is 1.98. The molecule has 4 saturated carbocycles. The second-order valence-electron chi connectivity index (χ2n) is 8.21. The SMILES string of the molecule is C[C@@H]([C@H](O)C12CC3CC(CC(C3)C1)C2)N1CCCC1. The number of rotatable bonds is 3. The molecule has 0 aromatic carbocycles. The molecule has 0 aromatic heterocycles. The molecule has 0 radical (unpaired) electrons. The Morgan fingerprint density at radius 3 is 1.89 bits per heavy atom. The van der Waals surface area contributed by atoms with Gasteiger partial charge in [-0.3, -0.25) is 4.90 Å². The molecular formula is C17H29NO. The summed E-state index contributed by atoms with van der Waals surface area (Å²) in [5.41, 5.74) is 0.302. The van der Waals surface area contributed by atoms with Gasteiger partial charge in [-0.1, -0.05) is 0 Å². The number of hydrogen-bond donors (Lipinski definition) is 1. The van der Waals surface area contributed by atoms with Crippen LogP contribution < -0.4 is 0 Å². The summed E-state index contributed by atoms with van der Waals surface area (Å²) in [6.45, 7) is 4.71. The Morgan fingerprint density at radius 2 is 1.42 bits per heavy atom. The lowest BCUT2D eigenvalue weighted by molar-refractivity contribution is -0.139. The maximum Gasteiger partial charge on any atom is 0.0749 e. The van der Waals surface area contributed by atoms with Crippen molar-refractivity contribution in [3.63, 3.8) is 0 Å². The van der Waals surface area contributed by atoms with E-state index in [0.29, 0.717) is 11.5 Å². The second-order valence-corrected chi connectivity index (χ2v) is 8.21. The molecule has 5 aliphatic rings. The van der Waals surface area contributed by atoms with Crippen molar-refractivity contribution in [2.45, 2.75) is 70.4 Å². The first-order valence-electron chi connectivity index (χ1n) is 8.58. The van der Waals surface area contributed by atoms with E-state index in [9.17, 15) is 5.11 Å². The first-order chi connectivity index (χ1) is 9.16. The average molecular weight is 263 g/mol. The van der Waals surface area contributed by atoms with Crippen molar-refractivity contribution in [1.82, 2.24) is 4.90 Å².